The molecular weight excluding hydrogens is 424 g/mol. The summed E-state index contributed by atoms with van der Waals surface area (Å²) in [5.41, 5.74) is 0.783. The zero-order valence-corrected chi connectivity index (χ0v) is 18.8. The number of ether oxygens (including phenoxy) is 2. The number of hydrogen-bond acceptors (Lipinski definition) is 7. The van der Waals surface area contributed by atoms with Crippen LogP contribution in [0.5, 0.6) is 17.2 Å². The first-order valence-corrected chi connectivity index (χ1v) is 11.1. The van der Waals surface area contributed by atoms with Gasteiger partial charge >= 0.3 is 0 Å². The number of phenolic OH excluding ortho intramolecular Hbond substituents is 1. The molecule has 1 aromatic heterocycles. The standard InChI is InChI=1S/C25H28N2O6/c1-3-27-10-4-5-17(27)13-26-23(29)15-32-19-11-21(28)24-22(12-19)33-14-20(25(24)30)16-6-8-18(31-2)9-7-16/h6-9,11-12,14,17,28H,3-5,10,13,15H2,1-2H3,(H,26,29). The monoisotopic (exact) mass is 452 g/mol. The van der Waals surface area contributed by atoms with Crippen LogP contribution in [0.15, 0.2) is 51.9 Å². The van der Waals surface area contributed by atoms with E-state index in [4.69, 9.17) is 13.9 Å². The van der Waals surface area contributed by atoms with E-state index in [0.717, 1.165) is 25.9 Å². The first kappa shape index (κ1) is 22.7. The summed E-state index contributed by atoms with van der Waals surface area (Å²) in [5.74, 6) is 0.403. The van der Waals surface area contributed by atoms with Crippen molar-refractivity contribution in [3.8, 4) is 28.4 Å². The van der Waals surface area contributed by atoms with Gasteiger partial charge in [0.05, 0.1) is 12.7 Å². The van der Waals surface area contributed by atoms with Crippen molar-refractivity contribution >= 4 is 16.9 Å². The van der Waals surface area contributed by atoms with E-state index in [-0.39, 0.29) is 40.4 Å². The highest BCUT2D eigenvalue weighted by Gasteiger charge is 2.23. The number of carbonyl (C=O) groups excluding carboxylic acids is 1. The molecule has 174 valence electrons. The van der Waals surface area contributed by atoms with Crippen LogP contribution in [-0.4, -0.2) is 55.3 Å². The predicted octanol–water partition coefficient (Wildman–Crippen LogP) is 3.15. The highest BCUT2D eigenvalue weighted by molar-refractivity contribution is 5.88. The number of aromatic hydroxyl groups is 1. The van der Waals surface area contributed by atoms with Crippen LogP contribution in [0.3, 0.4) is 0 Å². The van der Waals surface area contributed by atoms with Crippen molar-refractivity contribution in [2.75, 3.05) is 33.4 Å². The first-order chi connectivity index (χ1) is 16.0. The fraction of sp³-hybridized carbons (Fsp3) is 0.360. The molecule has 0 bridgehead atoms. The molecule has 4 rings (SSSR count). The van der Waals surface area contributed by atoms with Gasteiger partial charge in [-0.3, -0.25) is 14.5 Å². The molecule has 2 aromatic carbocycles. The number of likely N-dealkylation sites (tertiary alicyclic amines) is 1. The van der Waals surface area contributed by atoms with Gasteiger partial charge in [-0.2, -0.15) is 0 Å². The lowest BCUT2D eigenvalue weighted by Crippen LogP contribution is -2.41. The van der Waals surface area contributed by atoms with Gasteiger partial charge in [-0.15, -0.1) is 0 Å². The maximum Gasteiger partial charge on any atom is 0.257 e. The number of fused-ring (bicyclic) bond motifs is 1. The summed E-state index contributed by atoms with van der Waals surface area (Å²) >= 11 is 0. The number of rotatable bonds is 8. The normalized spacial score (nSPS) is 16.1. The molecule has 1 amide bonds. The molecule has 1 unspecified atom stereocenters. The summed E-state index contributed by atoms with van der Waals surface area (Å²) in [5, 5.41) is 13.4. The second-order valence-electron chi connectivity index (χ2n) is 8.04. The quantitative estimate of drug-likeness (QED) is 0.541. The van der Waals surface area contributed by atoms with E-state index in [2.05, 4.69) is 17.1 Å². The molecule has 0 aliphatic carbocycles. The lowest BCUT2D eigenvalue weighted by Gasteiger charge is -2.22. The minimum Gasteiger partial charge on any atom is -0.507 e. The summed E-state index contributed by atoms with van der Waals surface area (Å²) in [6.07, 6.45) is 3.57. The zero-order valence-electron chi connectivity index (χ0n) is 18.8. The van der Waals surface area contributed by atoms with Gasteiger partial charge in [0.25, 0.3) is 5.91 Å². The summed E-state index contributed by atoms with van der Waals surface area (Å²) in [4.78, 5) is 27.6. The van der Waals surface area contributed by atoms with E-state index in [9.17, 15) is 14.7 Å². The maximum absolute atomic E-state index is 13.0. The first-order valence-electron chi connectivity index (χ1n) is 11.1. The third-order valence-electron chi connectivity index (χ3n) is 6.04. The van der Waals surface area contributed by atoms with Crippen molar-refractivity contribution in [2.24, 2.45) is 0 Å². The number of methoxy groups -OCH3 is 1. The third-order valence-corrected chi connectivity index (χ3v) is 6.04. The topological polar surface area (TPSA) is 101 Å². The third kappa shape index (κ3) is 4.96. The van der Waals surface area contributed by atoms with Gasteiger partial charge in [0, 0.05) is 24.7 Å². The second-order valence-corrected chi connectivity index (χ2v) is 8.04. The van der Waals surface area contributed by atoms with Gasteiger partial charge in [0.15, 0.2) is 6.61 Å². The van der Waals surface area contributed by atoms with Gasteiger partial charge in [-0.05, 0) is 43.6 Å². The highest BCUT2D eigenvalue weighted by atomic mass is 16.5. The van der Waals surface area contributed by atoms with E-state index in [1.165, 1.54) is 18.4 Å². The Morgan fingerprint density at radius 2 is 2.03 bits per heavy atom. The van der Waals surface area contributed by atoms with Crippen LogP contribution in [-0.2, 0) is 4.79 Å². The minimum absolute atomic E-state index is 0.0565. The van der Waals surface area contributed by atoms with Gasteiger partial charge in [-0.25, -0.2) is 0 Å². The minimum atomic E-state index is -0.361. The molecule has 1 aliphatic rings. The average molecular weight is 453 g/mol. The SMILES string of the molecule is CCN1CCCC1CNC(=O)COc1cc(O)c2c(=O)c(-c3ccc(OC)cc3)coc2c1. The number of phenols is 1. The van der Waals surface area contributed by atoms with E-state index in [0.29, 0.717) is 29.5 Å². The molecule has 0 radical (unpaired) electrons. The molecule has 1 saturated heterocycles. The molecule has 1 atom stereocenters. The van der Waals surface area contributed by atoms with Crippen molar-refractivity contribution in [1.29, 1.82) is 0 Å². The van der Waals surface area contributed by atoms with Crippen LogP contribution in [0.2, 0.25) is 0 Å². The van der Waals surface area contributed by atoms with E-state index in [1.54, 1.807) is 31.4 Å². The molecule has 33 heavy (non-hydrogen) atoms. The molecule has 0 saturated carbocycles. The molecule has 2 N–H and O–H groups in total. The van der Waals surface area contributed by atoms with E-state index >= 15 is 0 Å². The lowest BCUT2D eigenvalue weighted by molar-refractivity contribution is -0.123. The van der Waals surface area contributed by atoms with Crippen molar-refractivity contribution in [3.05, 3.63) is 52.9 Å². The Bertz CT molecular complexity index is 1190. The van der Waals surface area contributed by atoms with Crippen molar-refractivity contribution < 1.29 is 23.8 Å². The lowest BCUT2D eigenvalue weighted by atomic mass is 10.0. The number of nitrogens with zero attached hydrogens (tertiary/aromatic N) is 1. The summed E-state index contributed by atoms with van der Waals surface area (Å²) in [7, 11) is 1.57. The van der Waals surface area contributed by atoms with Crippen LogP contribution in [0, 0.1) is 0 Å². The zero-order chi connectivity index (χ0) is 23.4. The number of benzene rings is 2. The molecule has 0 spiro atoms. The Kier molecular flexibility index (Phi) is 6.84. The van der Waals surface area contributed by atoms with Crippen molar-refractivity contribution in [2.45, 2.75) is 25.8 Å². The molecule has 8 nitrogen and oxygen atoms in total. The van der Waals surface area contributed by atoms with Gasteiger partial charge in [-0.1, -0.05) is 19.1 Å². The molecular formula is C25H28N2O6. The number of carbonyl (C=O) groups is 1. The van der Waals surface area contributed by atoms with Crippen LogP contribution in [0.1, 0.15) is 19.8 Å². The number of likely N-dealkylation sites (N-methyl/N-ethyl adjacent to an activating group) is 1. The Hall–Kier alpha value is -3.52. The molecule has 1 aliphatic heterocycles. The van der Waals surface area contributed by atoms with E-state index < -0.39 is 0 Å². The van der Waals surface area contributed by atoms with Gasteiger partial charge in [0.2, 0.25) is 5.43 Å². The summed E-state index contributed by atoms with van der Waals surface area (Å²) in [6.45, 7) is 4.54. The Morgan fingerprint density at radius 1 is 1.24 bits per heavy atom. The van der Waals surface area contributed by atoms with Crippen molar-refractivity contribution in [3.63, 3.8) is 0 Å². The van der Waals surface area contributed by atoms with Crippen LogP contribution < -0.4 is 20.2 Å². The summed E-state index contributed by atoms with van der Waals surface area (Å²) < 4.78 is 16.3. The van der Waals surface area contributed by atoms with Gasteiger partial charge in [0.1, 0.15) is 34.5 Å². The molecule has 8 heteroatoms. The Morgan fingerprint density at radius 3 is 2.76 bits per heavy atom. The van der Waals surface area contributed by atoms with Crippen LogP contribution in [0.4, 0.5) is 0 Å². The smallest absolute Gasteiger partial charge is 0.257 e. The maximum atomic E-state index is 13.0. The van der Waals surface area contributed by atoms with E-state index in [1.807, 2.05) is 0 Å². The van der Waals surface area contributed by atoms with Crippen LogP contribution in [0.25, 0.3) is 22.1 Å². The molecule has 1 fully saturated rings. The highest BCUT2D eigenvalue weighted by Crippen LogP contribution is 2.30. The number of amides is 1. The second kappa shape index (κ2) is 9.95. The predicted molar refractivity (Wildman–Crippen MR) is 125 cm³/mol. The van der Waals surface area contributed by atoms with Crippen molar-refractivity contribution in [1.82, 2.24) is 10.2 Å². The average Bonchev–Trinajstić information content (AvgIpc) is 3.29. The Labute approximate surface area is 191 Å². The summed E-state index contributed by atoms with van der Waals surface area (Å²) in [6, 6.07) is 10.2. The molecule has 2 heterocycles. The fourth-order valence-corrected chi connectivity index (χ4v) is 4.24. The fourth-order valence-electron chi connectivity index (χ4n) is 4.24. The van der Waals surface area contributed by atoms with Gasteiger partial charge < -0.3 is 24.3 Å². The molecule has 3 aromatic rings. The number of nitrogens with one attached hydrogen (secondary N) is 1. The van der Waals surface area contributed by atoms with Crippen LogP contribution >= 0.6 is 0 Å². The Balaban J connectivity index is 1.45. The number of hydrogen-bond donors (Lipinski definition) is 2. The largest absolute Gasteiger partial charge is 0.507 e.